The molecule has 0 unspecified atom stereocenters. The van der Waals surface area contributed by atoms with Crippen LogP contribution in [0.25, 0.3) is 0 Å². The van der Waals surface area contributed by atoms with Crippen LogP contribution in [0.4, 0.5) is 0 Å². The van der Waals surface area contributed by atoms with Gasteiger partial charge < -0.3 is 33.2 Å². The molecule has 0 fully saturated rings. The molecule has 0 atom stereocenters. The Bertz CT molecular complexity index is 678. The number of rotatable bonds is 52. The Kier molecular flexibility index (Phi) is 47.0. The van der Waals surface area contributed by atoms with Gasteiger partial charge in [-0.1, -0.05) is 234 Å². The van der Waals surface area contributed by atoms with E-state index in [2.05, 4.69) is 41.5 Å². The van der Waals surface area contributed by atoms with Crippen molar-refractivity contribution in [2.24, 2.45) is 0 Å². The van der Waals surface area contributed by atoms with Crippen molar-refractivity contribution in [1.29, 1.82) is 0 Å². The molecule has 0 aromatic carbocycles. The van der Waals surface area contributed by atoms with Gasteiger partial charge in [0.15, 0.2) is 13.6 Å². The number of hydrogen-bond acceptors (Lipinski definition) is 7. The van der Waals surface area contributed by atoms with E-state index in [9.17, 15) is 0 Å². The summed E-state index contributed by atoms with van der Waals surface area (Å²) in [5, 5.41) is 0. The molecule has 0 N–H and O–H groups in total. The highest BCUT2D eigenvalue weighted by Gasteiger charge is 2.35. The van der Waals surface area contributed by atoms with E-state index < -0.39 is 11.9 Å². The molecule has 0 aromatic heterocycles. The van der Waals surface area contributed by atoms with Crippen molar-refractivity contribution in [3.63, 3.8) is 0 Å². The van der Waals surface area contributed by atoms with Gasteiger partial charge in [-0.2, -0.15) is 0 Å². The topological polar surface area (TPSA) is 64.6 Å². The molecular weight excluding hydrogens is 737 g/mol. The minimum atomic E-state index is -1.10. The van der Waals surface area contributed by atoms with Gasteiger partial charge in [-0.25, -0.2) is 0 Å². The van der Waals surface area contributed by atoms with Crippen LogP contribution >= 0.6 is 0 Å². The van der Waals surface area contributed by atoms with Crippen molar-refractivity contribution in [1.82, 2.24) is 0 Å². The first-order chi connectivity index (χ1) is 29.1. The van der Waals surface area contributed by atoms with E-state index in [0.29, 0.717) is 39.3 Å². The maximum absolute atomic E-state index is 6.62. The molecular formula is C52H106O7. The molecule has 0 saturated carbocycles. The standard InChI is InChI=1S/C52H106O7/c1-7-13-19-25-29-33-39-45-54-51(43-37-23-17-11-5,55-46-40-34-30-26-20-14-8-2)58-49-53-50-59-52(44-38-24-18-12-6,56-47-41-35-31-27-21-15-9-3)57-48-42-36-32-28-22-16-10-4/h7-50H2,1-6H3. The second-order valence-corrected chi connectivity index (χ2v) is 17.6. The lowest BCUT2D eigenvalue weighted by molar-refractivity contribution is -0.425. The van der Waals surface area contributed by atoms with Crippen LogP contribution in [0.2, 0.25) is 0 Å². The summed E-state index contributed by atoms with van der Waals surface area (Å²) in [6.07, 6.45) is 45.3. The predicted octanol–water partition coefficient (Wildman–Crippen LogP) is 17.3. The smallest absolute Gasteiger partial charge is 0.284 e. The zero-order valence-electron chi connectivity index (χ0n) is 41.0. The Morgan fingerprint density at radius 2 is 0.424 bits per heavy atom. The molecule has 0 rings (SSSR count). The third kappa shape index (κ3) is 39.1. The Labute approximate surface area is 369 Å². The predicted molar refractivity (Wildman–Crippen MR) is 252 cm³/mol. The van der Waals surface area contributed by atoms with Crippen LogP contribution in [0.5, 0.6) is 0 Å². The number of unbranched alkanes of at least 4 members (excludes halogenated alkanes) is 30. The summed E-state index contributed by atoms with van der Waals surface area (Å²) in [6.45, 7) is 16.2. The molecule has 0 aliphatic rings. The van der Waals surface area contributed by atoms with E-state index >= 15 is 0 Å². The molecule has 0 spiro atoms. The summed E-state index contributed by atoms with van der Waals surface area (Å²) in [5.74, 6) is -2.20. The van der Waals surface area contributed by atoms with Gasteiger partial charge in [0.2, 0.25) is 0 Å². The molecule has 0 saturated heterocycles. The van der Waals surface area contributed by atoms with Gasteiger partial charge in [-0.3, -0.25) is 0 Å². The van der Waals surface area contributed by atoms with Crippen LogP contribution in [-0.4, -0.2) is 52.0 Å². The SMILES string of the molecule is CCCCCCCCCOC(CCCCCC)(OCCCCCCCCC)OCOCOC(CCCCCC)(OCCCCCCCCC)OCCCCCCCCC. The zero-order chi connectivity index (χ0) is 43.1. The highest BCUT2D eigenvalue weighted by Crippen LogP contribution is 2.28. The van der Waals surface area contributed by atoms with Gasteiger partial charge in [-0.05, 0) is 38.5 Å². The van der Waals surface area contributed by atoms with Crippen LogP contribution < -0.4 is 0 Å². The first-order valence-electron chi connectivity index (χ1n) is 26.5. The van der Waals surface area contributed by atoms with Crippen LogP contribution in [0.1, 0.15) is 286 Å². The average molecular weight is 843 g/mol. The third-order valence-electron chi connectivity index (χ3n) is 11.7. The van der Waals surface area contributed by atoms with E-state index in [1.807, 2.05) is 0 Å². The molecule has 0 radical (unpaired) electrons. The van der Waals surface area contributed by atoms with Crippen LogP contribution in [-0.2, 0) is 33.2 Å². The molecule has 0 heterocycles. The maximum Gasteiger partial charge on any atom is 0.284 e. The molecule has 7 heteroatoms. The first-order valence-corrected chi connectivity index (χ1v) is 26.5. The normalized spacial score (nSPS) is 12.3. The summed E-state index contributed by atoms with van der Waals surface area (Å²) in [4.78, 5) is 0. The Morgan fingerprint density at radius 1 is 0.220 bits per heavy atom. The summed E-state index contributed by atoms with van der Waals surface area (Å²) in [5.41, 5.74) is 0. The molecule has 0 aromatic rings. The van der Waals surface area contributed by atoms with Crippen molar-refractivity contribution in [3.05, 3.63) is 0 Å². The van der Waals surface area contributed by atoms with Crippen LogP contribution in [0, 0.1) is 0 Å². The van der Waals surface area contributed by atoms with Gasteiger partial charge in [0.05, 0.1) is 26.4 Å². The Hall–Kier alpha value is -0.280. The van der Waals surface area contributed by atoms with Gasteiger partial charge >= 0.3 is 0 Å². The maximum atomic E-state index is 6.62. The van der Waals surface area contributed by atoms with Gasteiger partial charge in [0, 0.05) is 12.8 Å². The monoisotopic (exact) mass is 843 g/mol. The Balaban J connectivity index is 5.68. The molecule has 0 amide bonds. The second kappa shape index (κ2) is 47.2. The summed E-state index contributed by atoms with van der Waals surface area (Å²) in [6, 6.07) is 0. The first kappa shape index (κ1) is 58.7. The molecule has 0 aliphatic carbocycles. The molecule has 7 nitrogen and oxygen atoms in total. The van der Waals surface area contributed by atoms with Crippen molar-refractivity contribution >= 4 is 0 Å². The largest absolute Gasteiger partial charge is 0.329 e. The summed E-state index contributed by atoms with van der Waals surface area (Å²) < 4.78 is 45.7. The zero-order valence-corrected chi connectivity index (χ0v) is 41.0. The minimum absolute atomic E-state index is 0.0310. The van der Waals surface area contributed by atoms with E-state index in [-0.39, 0.29) is 13.6 Å². The Morgan fingerprint density at radius 3 is 0.661 bits per heavy atom. The fraction of sp³-hybridized carbons (Fsp3) is 1.00. The lowest BCUT2D eigenvalue weighted by atomic mass is 10.1. The van der Waals surface area contributed by atoms with Gasteiger partial charge in [0.25, 0.3) is 11.9 Å². The molecule has 0 aliphatic heterocycles. The van der Waals surface area contributed by atoms with Crippen LogP contribution in [0.3, 0.4) is 0 Å². The molecule has 356 valence electrons. The van der Waals surface area contributed by atoms with Gasteiger partial charge in [-0.15, -0.1) is 0 Å². The van der Waals surface area contributed by atoms with Crippen molar-refractivity contribution < 1.29 is 33.2 Å². The third-order valence-corrected chi connectivity index (χ3v) is 11.7. The number of ether oxygens (including phenoxy) is 7. The van der Waals surface area contributed by atoms with Crippen molar-refractivity contribution in [2.45, 2.75) is 297 Å². The highest BCUT2D eigenvalue weighted by atomic mass is 16.9. The lowest BCUT2D eigenvalue weighted by Gasteiger charge is -2.35. The van der Waals surface area contributed by atoms with E-state index in [4.69, 9.17) is 33.2 Å². The van der Waals surface area contributed by atoms with E-state index in [0.717, 1.165) is 51.4 Å². The van der Waals surface area contributed by atoms with Crippen LogP contribution in [0.15, 0.2) is 0 Å². The van der Waals surface area contributed by atoms with Crippen molar-refractivity contribution in [3.8, 4) is 0 Å². The minimum Gasteiger partial charge on any atom is -0.329 e. The fourth-order valence-corrected chi connectivity index (χ4v) is 7.66. The van der Waals surface area contributed by atoms with Crippen molar-refractivity contribution in [2.75, 3.05) is 40.0 Å². The average Bonchev–Trinajstić information content (AvgIpc) is 3.24. The quantitative estimate of drug-likeness (QED) is 0.0446. The van der Waals surface area contributed by atoms with E-state index in [1.165, 1.54) is 180 Å². The van der Waals surface area contributed by atoms with Gasteiger partial charge in [0.1, 0.15) is 0 Å². The second-order valence-electron chi connectivity index (χ2n) is 17.6. The number of hydrogen-bond donors (Lipinski definition) is 0. The van der Waals surface area contributed by atoms with E-state index in [1.54, 1.807) is 0 Å². The lowest BCUT2D eigenvalue weighted by Crippen LogP contribution is -2.42. The molecule has 59 heavy (non-hydrogen) atoms. The molecule has 0 bridgehead atoms. The summed E-state index contributed by atoms with van der Waals surface area (Å²) >= 11 is 0. The summed E-state index contributed by atoms with van der Waals surface area (Å²) in [7, 11) is 0. The highest BCUT2D eigenvalue weighted by molar-refractivity contribution is 4.63. The fourth-order valence-electron chi connectivity index (χ4n) is 7.66.